The Hall–Kier alpha value is -6.49. The lowest BCUT2D eigenvalue weighted by atomic mass is 10.1. The number of thiophene rings is 1. The van der Waals surface area contributed by atoms with Crippen molar-refractivity contribution in [1.82, 2.24) is 9.13 Å². The normalized spacial score (nSPS) is 12.3. The summed E-state index contributed by atoms with van der Waals surface area (Å²) in [6, 6.07) is 58.4. The molecule has 0 fully saturated rings. The van der Waals surface area contributed by atoms with Gasteiger partial charge in [-0.15, -0.1) is 11.3 Å². The molecule has 0 amide bonds. The van der Waals surface area contributed by atoms with E-state index in [0.717, 1.165) is 44.8 Å². The van der Waals surface area contributed by atoms with Crippen LogP contribution in [0.3, 0.4) is 0 Å². The lowest BCUT2D eigenvalue weighted by Gasteiger charge is -2.13. The second kappa shape index (κ2) is 13.8. The van der Waals surface area contributed by atoms with Crippen LogP contribution in [-0.4, -0.2) is 15.0 Å². The van der Waals surface area contributed by atoms with Gasteiger partial charge >= 0.3 is 0 Å². The fraction of sp³-hybridized carbons (Fsp3) is 0.0600. The highest BCUT2D eigenvalue weighted by molar-refractivity contribution is 7.25. The molecule has 54 heavy (non-hydrogen) atoms. The molecular weight excluding hydrogens is 675 g/mol. The van der Waals surface area contributed by atoms with Gasteiger partial charge in [-0.25, -0.2) is 4.99 Å². The van der Waals surface area contributed by atoms with E-state index in [1.54, 1.807) is 0 Å². The van der Waals surface area contributed by atoms with E-state index in [1.807, 2.05) is 43.4 Å². The second-order valence-electron chi connectivity index (χ2n) is 13.3. The van der Waals surface area contributed by atoms with Crippen LogP contribution < -0.4 is 0 Å². The molecular formula is C50H39N3S. The Bertz CT molecular complexity index is 3070. The highest BCUT2D eigenvalue weighted by Crippen LogP contribution is 2.44. The molecule has 7 aromatic carbocycles. The minimum Gasteiger partial charge on any atom is -0.309 e. The Morgan fingerprint density at radius 2 is 1.19 bits per heavy atom. The Morgan fingerprint density at radius 1 is 0.556 bits per heavy atom. The van der Waals surface area contributed by atoms with Gasteiger partial charge in [0.25, 0.3) is 0 Å². The molecule has 10 aromatic rings. The maximum atomic E-state index is 5.44. The number of aliphatic imine (C=N–C) groups is 1. The first-order valence-corrected chi connectivity index (χ1v) is 19.4. The molecule has 10 rings (SSSR count). The van der Waals surface area contributed by atoms with Gasteiger partial charge < -0.3 is 4.57 Å². The van der Waals surface area contributed by atoms with Gasteiger partial charge in [0.05, 0.1) is 27.8 Å². The number of aromatic nitrogens is 2. The molecule has 0 atom stereocenters. The predicted molar refractivity (Wildman–Crippen MR) is 236 cm³/mol. The van der Waals surface area contributed by atoms with Gasteiger partial charge in [0, 0.05) is 47.4 Å². The molecule has 0 saturated carbocycles. The molecule has 0 aliphatic rings. The van der Waals surface area contributed by atoms with Crippen LogP contribution in [0.1, 0.15) is 31.9 Å². The van der Waals surface area contributed by atoms with Crippen molar-refractivity contribution in [3.63, 3.8) is 0 Å². The largest absolute Gasteiger partial charge is 0.309 e. The van der Waals surface area contributed by atoms with E-state index in [2.05, 4.69) is 174 Å². The molecule has 0 unspecified atom stereocenters. The maximum absolute atomic E-state index is 5.44. The van der Waals surface area contributed by atoms with Gasteiger partial charge in [0.2, 0.25) is 0 Å². The molecule has 0 radical (unpaired) electrons. The molecule has 0 aliphatic heterocycles. The molecule has 3 nitrogen and oxygen atoms in total. The van der Waals surface area contributed by atoms with E-state index >= 15 is 0 Å². The predicted octanol–water partition coefficient (Wildman–Crippen LogP) is 14.3. The first kappa shape index (κ1) is 33.4. The SMILES string of the molecule is C=C(N=C(/C=C(\C)c1ccccc1)n1c2cc3c(cc2c2ccc4c(c5ccccc5n4-c4ccccc4)c21)sc1ccccc13)c1ccccc1.CC. The third-order valence-corrected chi connectivity index (χ3v) is 11.4. The van der Waals surface area contributed by atoms with Crippen molar-refractivity contribution >= 4 is 92.2 Å². The van der Waals surface area contributed by atoms with Gasteiger partial charge in [-0.2, -0.15) is 0 Å². The number of hydrogen-bond donors (Lipinski definition) is 0. The molecule has 3 heterocycles. The summed E-state index contributed by atoms with van der Waals surface area (Å²) < 4.78 is 7.37. The second-order valence-corrected chi connectivity index (χ2v) is 14.4. The van der Waals surface area contributed by atoms with Crippen molar-refractivity contribution in [2.24, 2.45) is 4.99 Å². The summed E-state index contributed by atoms with van der Waals surface area (Å²) in [6.07, 6.45) is 2.23. The Labute approximate surface area is 319 Å². The Kier molecular flexibility index (Phi) is 8.53. The van der Waals surface area contributed by atoms with Crippen LogP contribution in [0.2, 0.25) is 0 Å². The van der Waals surface area contributed by atoms with Crippen molar-refractivity contribution in [3.8, 4) is 5.69 Å². The molecule has 4 heteroatoms. The zero-order valence-electron chi connectivity index (χ0n) is 30.6. The number of nitrogens with zero attached hydrogens (tertiary/aromatic N) is 3. The quantitative estimate of drug-likeness (QED) is 0.125. The van der Waals surface area contributed by atoms with Crippen LogP contribution in [0, 0.1) is 0 Å². The zero-order valence-corrected chi connectivity index (χ0v) is 31.4. The highest BCUT2D eigenvalue weighted by atomic mass is 32.1. The number of rotatable bonds is 5. The highest BCUT2D eigenvalue weighted by Gasteiger charge is 2.23. The van der Waals surface area contributed by atoms with Gasteiger partial charge in [0.15, 0.2) is 0 Å². The average Bonchev–Trinajstić information content (AvgIpc) is 3.88. The van der Waals surface area contributed by atoms with E-state index in [-0.39, 0.29) is 0 Å². The number of hydrogen-bond acceptors (Lipinski definition) is 2. The smallest absolute Gasteiger partial charge is 0.138 e. The molecule has 3 aromatic heterocycles. The molecule has 0 spiro atoms. The molecule has 0 bridgehead atoms. The molecule has 0 saturated heterocycles. The number of fused-ring (bicyclic) bond motifs is 10. The Morgan fingerprint density at radius 3 is 1.93 bits per heavy atom. The van der Waals surface area contributed by atoms with Crippen molar-refractivity contribution in [3.05, 3.63) is 188 Å². The van der Waals surface area contributed by atoms with Crippen molar-refractivity contribution in [2.45, 2.75) is 20.8 Å². The summed E-state index contributed by atoms with van der Waals surface area (Å²) in [5, 5.41) is 7.33. The van der Waals surface area contributed by atoms with Crippen molar-refractivity contribution in [2.75, 3.05) is 0 Å². The molecule has 0 aliphatic carbocycles. The summed E-state index contributed by atoms with van der Waals surface area (Å²) in [5.41, 5.74) is 9.68. The average molecular weight is 714 g/mol. The lowest BCUT2D eigenvalue weighted by Crippen LogP contribution is -2.10. The van der Waals surface area contributed by atoms with Crippen LogP contribution in [0.4, 0.5) is 0 Å². The minimum absolute atomic E-state index is 0.712. The van der Waals surface area contributed by atoms with Gasteiger partial charge in [-0.1, -0.05) is 142 Å². The van der Waals surface area contributed by atoms with E-state index in [9.17, 15) is 0 Å². The monoisotopic (exact) mass is 713 g/mol. The van der Waals surface area contributed by atoms with Crippen molar-refractivity contribution < 1.29 is 0 Å². The molecule has 260 valence electrons. The third-order valence-electron chi connectivity index (χ3n) is 10.2. The van der Waals surface area contributed by atoms with E-state index in [1.165, 1.54) is 47.2 Å². The van der Waals surface area contributed by atoms with Crippen molar-refractivity contribution in [1.29, 1.82) is 0 Å². The topological polar surface area (TPSA) is 22.2 Å². The minimum atomic E-state index is 0.712. The van der Waals surface area contributed by atoms with Crippen LogP contribution in [0.25, 0.3) is 80.7 Å². The first-order chi connectivity index (χ1) is 26.6. The van der Waals surface area contributed by atoms with Gasteiger partial charge in [0.1, 0.15) is 5.84 Å². The lowest BCUT2D eigenvalue weighted by molar-refractivity contribution is 1.18. The van der Waals surface area contributed by atoms with Gasteiger partial charge in [-0.3, -0.25) is 4.57 Å². The number of para-hydroxylation sites is 2. The fourth-order valence-corrected chi connectivity index (χ4v) is 8.95. The summed E-state index contributed by atoms with van der Waals surface area (Å²) in [7, 11) is 0. The number of allylic oxidation sites excluding steroid dienone is 2. The van der Waals surface area contributed by atoms with Crippen LogP contribution in [0.5, 0.6) is 0 Å². The van der Waals surface area contributed by atoms with E-state index < -0.39 is 0 Å². The third kappa shape index (κ3) is 5.46. The number of benzene rings is 7. The Balaban J connectivity index is 0.00000189. The standard InChI is InChI=1S/C48H33N3S.C2H6/c1-31(33-16-6-3-7-17-33)28-46(49-32(2)34-18-8-4-9-19-34)51-43-29-40-36-22-13-15-25-44(36)52-45(40)30-39(43)37-26-27-42-47(48(37)51)38-23-12-14-24-41(38)50(42)35-20-10-5-11-21-35;1-2/h3-30H,2H2,1H3;1-2H3/b31-28+,49-46?;. The van der Waals surface area contributed by atoms with Crippen LogP contribution >= 0.6 is 11.3 Å². The zero-order chi connectivity index (χ0) is 36.8. The van der Waals surface area contributed by atoms with E-state index in [4.69, 9.17) is 4.99 Å². The van der Waals surface area contributed by atoms with Crippen LogP contribution in [-0.2, 0) is 0 Å². The first-order valence-electron chi connectivity index (χ1n) is 18.6. The van der Waals surface area contributed by atoms with Crippen LogP contribution in [0.15, 0.2) is 181 Å². The summed E-state index contributed by atoms with van der Waals surface area (Å²) in [5.74, 6) is 0.818. The van der Waals surface area contributed by atoms with E-state index in [0.29, 0.717) is 5.70 Å². The fourth-order valence-electron chi connectivity index (χ4n) is 7.82. The summed E-state index contributed by atoms with van der Waals surface area (Å²) in [4.78, 5) is 5.44. The molecule has 0 N–H and O–H groups in total. The maximum Gasteiger partial charge on any atom is 0.138 e. The van der Waals surface area contributed by atoms with Gasteiger partial charge in [-0.05, 0) is 72.2 Å². The summed E-state index contributed by atoms with van der Waals surface area (Å²) in [6.45, 7) is 10.7. The summed E-state index contributed by atoms with van der Waals surface area (Å²) >= 11 is 1.86.